The van der Waals surface area contributed by atoms with Gasteiger partial charge in [0.15, 0.2) is 0 Å². The van der Waals surface area contributed by atoms with E-state index in [-0.39, 0.29) is 11.4 Å². The highest BCUT2D eigenvalue weighted by molar-refractivity contribution is 5.92. The third kappa shape index (κ3) is 3.22. The predicted octanol–water partition coefficient (Wildman–Crippen LogP) is 2.04. The Morgan fingerprint density at radius 2 is 2.19 bits per heavy atom. The molecule has 1 rings (SSSR count). The van der Waals surface area contributed by atoms with E-state index in [9.17, 15) is 4.79 Å². The van der Waals surface area contributed by atoms with Crippen LogP contribution in [0, 0.1) is 0 Å². The number of nitrogens with zero attached hydrogens (tertiary/aromatic N) is 1. The molecule has 1 aromatic rings. The zero-order valence-corrected chi connectivity index (χ0v) is 10.3. The van der Waals surface area contributed by atoms with Crippen LogP contribution in [-0.2, 0) is 0 Å². The number of carbonyl (C=O) groups is 1. The topological polar surface area (TPSA) is 54.0 Å². The molecule has 0 spiro atoms. The van der Waals surface area contributed by atoms with Crippen molar-refractivity contribution in [3.63, 3.8) is 0 Å². The van der Waals surface area contributed by atoms with Gasteiger partial charge in [0.05, 0.1) is 0 Å². The Bertz CT molecular complexity index is 374. The number of hydrogen-bond acceptors (Lipinski definition) is 3. The summed E-state index contributed by atoms with van der Waals surface area (Å²) < 4.78 is 0. The molecule has 0 aliphatic carbocycles. The average Bonchev–Trinajstić information content (AvgIpc) is 2.28. The normalized spacial score (nSPS) is 11.0. The second kappa shape index (κ2) is 4.96. The molecule has 16 heavy (non-hydrogen) atoms. The summed E-state index contributed by atoms with van der Waals surface area (Å²) in [5.41, 5.74) is 1.36. The third-order valence-electron chi connectivity index (χ3n) is 2.59. The van der Waals surface area contributed by atoms with Crippen molar-refractivity contribution in [2.75, 3.05) is 12.4 Å². The molecule has 1 aromatic heterocycles. The van der Waals surface area contributed by atoms with Crippen LogP contribution < -0.4 is 10.6 Å². The third-order valence-corrected chi connectivity index (χ3v) is 2.59. The van der Waals surface area contributed by atoms with Crippen molar-refractivity contribution in [3.05, 3.63) is 24.0 Å². The lowest BCUT2D eigenvalue weighted by molar-refractivity contribution is 0.0958. The molecule has 0 aliphatic rings. The minimum absolute atomic E-state index is 0.0152. The van der Waals surface area contributed by atoms with E-state index < -0.39 is 0 Å². The lowest BCUT2D eigenvalue weighted by atomic mass is 10.0. The largest absolute Gasteiger partial charge is 0.380 e. The number of aromatic nitrogens is 1. The molecule has 0 atom stereocenters. The summed E-state index contributed by atoms with van der Waals surface area (Å²) in [5.74, 6) is -0.169. The SMILES string of the molecule is CCC(C)(C)Nc1ccnc(C(=O)NC)c1. The van der Waals surface area contributed by atoms with E-state index in [1.807, 2.05) is 6.07 Å². The van der Waals surface area contributed by atoms with Crippen molar-refractivity contribution in [1.82, 2.24) is 10.3 Å². The molecule has 0 aromatic carbocycles. The Hall–Kier alpha value is -1.58. The molecule has 0 aliphatic heterocycles. The van der Waals surface area contributed by atoms with Crippen LogP contribution in [0.5, 0.6) is 0 Å². The molecule has 2 N–H and O–H groups in total. The first-order valence-electron chi connectivity index (χ1n) is 5.45. The molecule has 1 heterocycles. The molecule has 0 fully saturated rings. The number of rotatable bonds is 4. The minimum atomic E-state index is -0.169. The van der Waals surface area contributed by atoms with Crippen LogP contribution in [0.25, 0.3) is 0 Å². The van der Waals surface area contributed by atoms with Crippen molar-refractivity contribution in [2.24, 2.45) is 0 Å². The molecule has 0 unspecified atom stereocenters. The van der Waals surface area contributed by atoms with E-state index in [4.69, 9.17) is 0 Å². The predicted molar refractivity (Wildman–Crippen MR) is 65.6 cm³/mol. The van der Waals surface area contributed by atoms with Crippen molar-refractivity contribution >= 4 is 11.6 Å². The van der Waals surface area contributed by atoms with Crippen molar-refractivity contribution in [2.45, 2.75) is 32.7 Å². The number of carbonyl (C=O) groups excluding carboxylic acids is 1. The van der Waals surface area contributed by atoms with Gasteiger partial charge in [-0.2, -0.15) is 0 Å². The Morgan fingerprint density at radius 1 is 1.50 bits per heavy atom. The van der Waals surface area contributed by atoms with Gasteiger partial charge in [0, 0.05) is 24.5 Å². The van der Waals surface area contributed by atoms with Gasteiger partial charge in [-0.3, -0.25) is 9.78 Å². The van der Waals surface area contributed by atoms with Crippen molar-refractivity contribution in [3.8, 4) is 0 Å². The number of pyridine rings is 1. The first-order valence-corrected chi connectivity index (χ1v) is 5.45. The van der Waals surface area contributed by atoms with Crippen LogP contribution in [0.15, 0.2) is 18.3 Å². The van der Waals surface area contributed by atoms with Gasteiger partial charge in [-0.25, -0.2) is 0 Å². The summed E-state index contributed by atoms with van der Waals surface area (Å²) in [6, 6.07) is 3.63. The smallest absolute Gasteiger partial charge is 0.269 e. The van der Waals surface area contributed by atoms with Crippen molar-refractivity contribution < 1.29 is 4.79 Å². The summed E-state index contributed by atoms with van der Waals surface area (Å²) in [6.45, 7) is 6.36. The molecule has 0 saturated heterocycles. The monoisotopic (exact) mass is 221 g/mol. The molecule has 0 bridgehead atoms. The quantitative estimate of drug-likeness (QED) is 0.818. The van der Waals surface area contributed by atoms with E-state index >= 15 is 0 Å². The molecular formula is C12H19N3O. The van der Waals surface area contributed by atoms with Gasteiger partial charge in [-0.15, -0.1) is 0 Å². The summed E-state index contributed by atoms with van der Waals surface area (Å²) in [5, 5.41) is 5.92. The van der Waals surface area contributed by atoms with E-state index in [0.717, 1.165) is 12.1 Å². The van der Waals surface area contributed by atoms with Crippen LogP contribution in [0.2, 0.25) is 0 Å². The van der Waals surface area contributed by atoms with Gasteiger partial charge in [0.25, 0.3) is 5.91 Å². The van der Waals surface area contributed by atoms with Crippen molar-refractivity contribution in [1.29, 1.82) is 0 Å². The Balaban J connectivity index is 2.87. The van der Waals surface area contributed by atoms with Gasteiger partial charge in [0.1, 0.15) is 5.69 Å². The molecule has 0 radical (unpaired) electrons. The zero-order chi connectivity index (χ0) is 12.2. The Kier molecular flexibility index (Phi) is 3.88. The molecule has 4 nitrogen and oxygen atoms in total. The van der Waals surface area contributed by atoms with Gasteiger partial charge in [-0.05, 0) is 32.4 Å². The van der Waals surface area contributed by atoms with E-state index in [1.54, 1.807) is 19.3 Å². The Labute approximate surface area is 96.5 Å². The number of hydrogen-bond donors (Lipinski definition) is 2. The van der Waals surface area contributed by atoms with Gasteiger partial charge in [-0.1, -0.05) is 6.92 Å². The first-order chi connectivity index (χ1) is 7.48. The van der Waals surface area contributed by atoms with Crippen LogP contribution in [0.3, 0.4) is 0 Å². The number of amides is 1. The maximum atomic E-state index is 11.4. The summed E-state index contributed by atoms with van der Waals surface area (Å²) >= 11 is 0. The highest BCUT2D eigenvalue weighted by Gasteiger charge is 2.15. The molecule has 0 saturated carbocycles. The molecule has 4 heteroatoms. The summed E-state index contributed by atoms with van der Waals surface area (Å²) in [6.07, 6.45) is 2.64. The fourth-order valence-electron chi connectivity index (χ4n) is 1.24. The second-order valence-corrected chi connectivity index (χ2v) is 4.37. The zero-order valence-electron chi connectivity index (χ0n) is 10.3. The fourth-order valence-corrected chi connectivity index (χ4v) is 1.24. The van der Waals surface area contributed by atoms with E-state index in [1.165, 1.54) is 0 Å². The van der Waals surface area contributed by atoms with Gasteiger partial charge >= 0.3 is 0 Å². The highest BCUT2D eigenvalue weighted by atomic mass is 16.1. The number of anilines is 1. The maximum absolute atomic E-state index is 11.4. The lowest BCUT2D eigenvalue weighted by Crippen LogP contribution is -2.30. The number of nitrogens with one attached hydrogen (secondary N) is 2. The molecule has 88 valence electrons. The lowest BCUT2D eigenvalue weighted by Gasteiger charge is -2.25. The molecular weight excluding hydrogens is 202 g/mol. The molecule has 1 amide bonds. The standard InChI is InChI=1S/C12H19N3O/c1-5-12(2,3)15-9-6-7-14-10(8-9)11(16)13-4/h6-8H,5H2,1-4H3,(H,13,16)(H,14,15). The maximum Gasteiger partial charge on any atom is 0.269 e. The van der Waals surface area contributed by atoms with Crippen LogP contribution in [0.4, 0.5) is 5.69 Å². The minimum Gasteiger partial charge on any atom is -0.380 e. The van der Waals surface area contributed by atoms with Gasteiger partial charge in [0.2, 0.25) is 0 Å². The average molecular weight is 221 g/mol. The second-order valence-electron chi connectivity index (χ2n) is 4.37. The van der Waals surface area contributed by atoms with Crippen LogP contribution >= 0.6 is 0 Å². The summed E-state index contributed by atoms with van der Waals surface area (Å²) in [4.78, 5) is 15.4. The van der Waals surface area contributed by atoms with Crippen LogP contribution in [-0.4, -0.2) is 23.5 Å². The summed E-state index contributed by atoms with van der Waals surface area (Å²) in [7, 11) is 1.60. The van der Waals surface area contributed by atoms with Gasteiger partial charge < -0.3 is 10.6 Å². The fraction of sp³-hybridized carbons (Fsp3) is 0.500. The van der Waals surface area contributed by atoms with Crippen LogP contribution in [0.1, 0.15) is 37.7 Å². The van der Waals surface area contributed by atoms with E-state index in [0.29, 0.717) is 5.69 Å². The highest BCUT2D eigenvalue weighted by Crippen LogP contribution is 2.17. The first kappa shape index (κ1) is 12.5. The Morgan fingerprint density at radius 3 is 2.75 bits per heavy atom. The van der Waals surface area contributed by atoms with E-state index in [2.05, 4.69) is 36.4 Å².